The van der Waals surface area contributed by atoms with E-state index in [-0.39, 0.29) is 5.60 Å². The molecule has 0 N–H and O–H groups in total. The highest BCUT2D eigenvalue weighted by molar-refractivity contribution is 14.1. The monoisotopic (exact) mass is 372 g/mol. The molecule has 0 radical (unpaired) electrons. The van der Waals surface area contributed by atoms with Crippen molar-refractivity contribution in [2.75, 3.05) is 0 Å². The topological polar surface area (TPSA) is 9.23 Å². The van der Waals surface area contributed by atoms with Crippen molar-refractivity contribution in [3.05, 3.63) is 29.8 Å². The molecule has 1 fully saturated rings. The minimum atomic E-state index is 0.0794. The molecule has 1 aliphatic carbocycles. The predicted octanol–water partition coefficient (Wildman–Crippen LogP) is 5.92. The fourth-order valence-electron chi connectivity index (χ4n) is 2.99. The van der Waals surface area contributed by atoms with E-state index < -0.39 is 0 Å². The molecule has 19 heavy (non-hydrogen) atoms. The fraction of sp³-hybridized carbons (Fsp3) is 0.647. The lowest BCUT2D eigenvalue weighted by atomic mass is 9.88. The Morgan fingerprint density at radius 2 is 1.74 bits per heavy atom. The van der Waals surface area contributed by atoms with Gasteiger partial charge in [-0.15, -0.1) is 0 Å². The Balaban J connectivity index is 2.10. The molecule has 2 heteroatoms. The molecule has 0 aliphatic heterocycles. The summed E-state index contributed by atoms with van der Waals surface area (Å²) < 4.78 is 7.00. The second-order valence-electron chi connectivity index (χ2n) is 5.97. The van der Waals surface area contributed by atoms with Gasteiger partial charge >= 0.3 is 0 Å². The number of hydrogen-bond acceptors (Lipinski definition) is 1. The number of benzene rings is 1. The van der Waals surface area contributed by atoms with Crippen LogP contribution in [0, 0.1) is 5.92 Å². The first-order valence-electron chi connectivity index (χ1n) is 7.50. The van der Waals surface area contributed by atoms with Crippen molar-refractivity contribution in [1.82, 2.24) is 0 Å². The maximum absolute atomic E-state index is 6.39. The average Bonchev–Trinajstić information content (AvgIpc) is 2.88. The van der Waals surface area contributed by atoms with Crippen molar-refractivity contribution in [2.45, 2.75) is 62.4 Å². The van der Waals surface area contributed by atoms with E-state index >= 15 is 0 Å². The maximum Gasteiger partial charge on any atom is 0.120 e. The van der Waals surface area contributed by atoms with Crippen LogP contribution in [0.5, 0.6) is 5.75 Å². The van der Waals surface area contributed by atoms with E-state index in [1.807, 2.05) is 0 Å². The van der Waals surface area contributed by atoms with Crippen LogP contribution in [-0.4, -0.2) is 5.60 Å². The van der Waals surface area contributed by atoms with Crippen molar-refractivity contribution in [3.63, 3.8) is 0 Å². The maximum atomic E-state index is 6.39. The molecule has 0 amide bonds. The van der Waals surface area contributed by atoms with Crippen molar-refractivity contribution in [3.8, 4) is 5.75 Å². The lowest BCUT2D eigenvalue weighted by Gasteiger charge is -2.34. The molecule has 106 valence electrons. The van der Waals surface area contributed by atoms with Crippen LogP contribution in [0.2, 0.25) is 0 Å². The van der Waals surface area contributed by atoms with Gasteiger partial charge < -0.3 is 4.74 Å². The van der Waals surface area contributed by atoms with Gasteiger partial charge in [0, 0.05) is 3.92 Å². The van der Waals surface area contributed by atoms with Crippen LogP contribution in [0.3, 0.4) is 0 Å². The standard InChI is InChI=1S/C17H25IO/c1-4-16(18)14-7-9-15(10-8-14)19-17(13(2)3)11-5-6-12-17/h7-10,13,16H,4-6,11-12H2,1-3H3. The highest BCUT2D eigenvalue weighted by atomic mass is 127. The zero-order valence-electron chi connectivity index (χ0n) is 12.3. The third-order valence-electron chi connectivity index (χ3n) is 4.42. The summed E-state index contributed by atoms with van der Waals surface area (Å²) in [6, 6.07) is 8.75. The molecular weight excluding hydrogens is 347 g/mol. The SMILES string of the molecule is CCC(I)c1ccc(OC2(C(C)C)CCCC2)cc1. The van der Waals surface area contributed by atoms with Crippen LogP contribution in [0.25, 0.3) is 0 Å². The normalized spacial score (nSPS) is 19.6. The zero-order valence-corrected chi connectivity index (χ0v) is 14.4. The first kappa shape index (κ1) is 15.1. The van der Waals surface area contributed by atoms with Crippen molar-refractivity contribution in [2.24, 2.45) is 5.92 Å². The lowest BCUT2D eigenvalue weighted by Crippen LogP contribution is -2.38. The summed E-state index contributed by atoms with van der Waals surface area (Å²) in [7, 11) is 0. The van der Waals surface area contributed by atoms with E-state index in [2.05, 4.69) is 67.6 Å². The highest BCUT2D eigenvalue weighted by Crippen LogP contribution is 2.40. The van der Waals surface area contributed by atoms with Gasteiger partial charge in [0.15, 0.2) is 0 Å². The summed E-state index contributed by atoms with van der Waals surface area (Å²) in [6.07, 6.45) is 6.20. The summed E-state index contributed by atoms with van der Waals surface area (Å²) in [4.78, 5) is 0. The van der Waals surface area contributed by atoms with E-state index in [0.717, 1.165) is 5.75 Å². The summed E-state index contributed by atoms with van der Waals surface area (Å²) in [6.45, 7) is 6.81. The Labute approximate surface area is 131 Å². The Hall–Kier alpha value is -0.250. The highest BCUT2D eigenvalue weighted by Gasteiger charge is 2.39. The molecule has 1 aliphatic rings. The summed E-state index contributed by atoms with van der Waals surface area (Å²) in [5.41, 5.74) is 1.48. The Morgan fingerprint density at radius 3 is 2.21 bits per heavy atom. The van der Waals surface area contributed by atoms with E-state index in [4.69, 9.17) is 4.74 Å². The number of alkyl halides is 1. The molecule has 1 nitrogen and oxygen atoms in total. The van der Waals surface area contributed by atoms with E-state index in [1.165, 1.54) is 37.7 Å². The van der Waals surface area contributed by atoms with Gasteiger partial charge in [-0.1, -0.05) is 55.5 Å². The molecule has 0 saturated heterocycles. The molecule has 0 bridgehead atoms. The Bertz CT molecular complexity index is 390. The van der Waals surface area contributed by atoms with Gasteiger partial charge in [-0.3, -0.25) is 0 Å². The number of rotatable bonds is 5. The van der Waals surface area contributed by atoms with Crippen LogP contribution in [0.1, 0.15) is 62.4 Å². The number of hydrogen-bond donors (Lipinski definition) is 0. The predicted molar refractivity (Wildman–Crippen MR) is 90.2 cm³/mol. The minimum Gasteiger partial charge on any atom is -0.487 e. The molecular formula is C17H25IO. The van der Waals surface area contributed by atoms with Gasteiger partial charge in [-0.25, -0.2) is 0 Å². The average molecular weight is 372 g/mol. The second kappa shape index (κ2) is 6.47. The van der Waals surface area contributed by atoms with E-state index in [1.54, 1.807) is 0 Å². The lowest BCUT2D eigenvalue weighted by molar-refractivity contribution is 0.0288. The van der Waals surface area contributed by atoms with Crippen molar-refractivity contribution < 1.29 is 4.74 Å². The third kappa shape index (κ3) is 3.45. The zero-order chi connectivity index (χ0) is 13.9. The van der Waals surface area contributed by atoms with E-state index in [9.17, 15) is 0 Å². The summed E-state index contributed by atoms with van der Waals surface area (Å²) in [5.74, 6) is 1.63. The molecule has 1 unspecified atom stereocenters. The number of halogens is 1. The fourth-order valence-corrected chi connectivity index (χ4v) is 3.40. The summed E-state index contributed by atoms with van der Waals surface area (Å²) >= 11 is 2.51. The second-order valence-corrected chi connectivity index (χ2v) is 7.48. The van der Waals surface area contributed by atoms with Gasteiger partial charge in [0.25, 0.3) is 0 Å². The molecule has 0 spiro atoms. The quantitative estimate of drug-likeness (QED) is 0.461. The molecule has 2 rings (SSSR count). The van der Waals surface area contributed by atoms with Crippen LogP contribution < -0.4 is 4.74 Å². The van der Waals surface area contributed by atoms with Crippen molar-refractivity contribution in [1.29, 1.82) is 0 Å². The van der Waals surface area contributed by atoms with Crippen LogP contribution in [-0.2, 0) is 0 Å². The first-order chi connectivity index (χ1) is 9.07. The summed E-state index contributed by atoms with van der Waals surface area (Å²) in [5, 5.41) is 0. The van der Waals surface area contributed by atoms with Crippen molar-refractivity contribution >= 4 is 22.6 Å². The van der Waals surface area contributed by atoms with Crippen LogP contribution in [0.4, 0.5) is 0 Å². The molecule has 1 aromatic rings. The van der Waals surface area contributed by atoms with Gasteiger partial charge in [0.05, 0.1) is 0 Å². The van der Waals surface area contributed by atoms with Crippen LogP contribution >= 0.6 is 22.6 Å². The van der Waals surface area contributed by atoms with Crippen LogP contribution in [0.15, 0.2) is 24.3 Å². The number of ether oxygens (including phenoxy) is 1. The first-order valence-corrected chi connectivity index (χ1v) is 8.75. The largest absolute Gasteiger partial charge is 0.487 e. The minimum absolute atomic E-state index is 0.0794. The van der Waals surface area contributed by atoms with E-state index in [0.29, 0.717) is 9.84 Å². The molecule has 0 aromatic heterocycles. The van der Waals surface area contributed by atoms with Gasteiger partial charge in [0.1, 0.15) is 11.4 Å². The third-order valence-corrected chi connectivity index (χ3v) is 6.02. The van der Waals surface area contributed by atoms with Gasteiger partial charge in [-0.2, -0.15) is 0 Å². The Morgan fingerprint density at radius 1 is 1.16 bits per heavy atom. The molecule has 0 heterocycles. The smallest absolute Gasteiger partial charge is 0.120 e. The van der Waals surface area contributed by atoms with Gasteiger partial charge in [-0.05, 0) is 55.7 Å². The van der Waals surface area contributed by atoms with Gasteiger partial charge in [0.2, 0.25) is 0 Å². The Kier molecular flexibility index (Phi) is 5.15. The molecule has 1 atom stereocenters. The molecule has 1 saturated carbocycles. The molecule has 1 aromatic carbocycles.